The molecule has 1 fully saturated rings. The number of methoxy groups -OCH3 is 1. The standard InChI is InChI=1S/C16H22N2O4/c1-22-12-5-4-10-7-14(19)15(13(10)8-12)18-6-2-3-11(9-18)17-16(20)21/h4-5,8,11,14-15,17,19H,2-3,6-7,9H2,1H3,(H,20,21)/t11-,14+,15+/m1/s1. The number of aliphatic hydroxyl groups excluding tert-OH is 1. The number of carbonyl (C=O) groups is 1. The zero-order valence-electron chi connectivity index (χ0n) is 12.7. The molecule has 3 atom stereocenters. The highest BCUT2D eigenvalue weighted by atomic mass is 16.5. The number of piperidine rings is 1. The van der Waals surface area contributed by atoms with Crippen LogP contribution >= 0.6 is 0 Å². The van der Waals surface area contributed by atoms with Crippen LogP contribution in [0.5, 0.6) is 5.75 Å². The fraction of sp³-hybridized carbons (Fsp3) is 0.562. The summed E-state index contributed by atoms with van der Waals surface area (Å²) >= 11 is 0. The summed E-state index contributed by atoms with van der Waals surface area (Å²) in [7, 11) is 1.63. The van der Waals surface area contributed by atoms with Gasteiger partial charge in [-0.3, -0.25) is 4.90 Å². The molecule has 1 amide bonds. The first-order chi connectivity index (χ1) is 10.6. The van der Waals surface area contributed by atoms with Crippen molar-refractivity contribution in [1.29, 1.82) is 0 Å². The summed E-state index contributed by atoms with van der Waals surface area (Å²) in [5, 5.41) is 21.9. The summed E-state index contributed by atoms with van der Waals surface area (Å²) in [6.45, 7) is 1.50. The third-order valence-electron chi connectivity index (χ3n) is 4.64. The molecule has 0 radical (unpaired) electrons. The molecular formula is C16H22N2O4. The summed E-state index contributed by atoms with van der Waals surface area (Å²) in [4.78, 5) is 13.0. The Morgan fingerprint density at radius 1 is 1.45 bits per heavy atom. The van der Waals surface area contributed by atoms with Gasteiger partial charge in [-0.05, 0) is 42.6 Å². The molecule has 1 aromatic rings. The molecule has 1 aliphatic heterocycles. The molecule has 1 heterocycles. The van der Waals surface area contributed by atoms with Gasteiger partial charge in [-0.25, -0.2) is 4.79 Å². The molecule has 1 aromatic carbocycles. The lowest BCUT2D eigenvalue weighted by Crippen LogP contribution is -2.49. The van der Waals surface area contributed by atoms with E-state index in [9.17, 15) is 9.90 Å². The lowest BCUT2D eigenvalue weighted by Gasteiger charge is -2.38. The van der Waals surface area contributed by atoms with Crippen LogP contribution in [0.1, 0.15) is 30.0 Å². The summed E-state index contributed by atoms with van der Waals surface area (Å²) in [5.41, 5.74) is 2.24. The van der Waals surface area contributed by atoms with Gasteiger partial charge in [-0.15, -0.1) is 0 Å². The van der Waals surface area contributed by atoms with Crippen molar-refractivity contribution in [1.82, 2.24) is 10.2 Å². The first kappa shape index (κ1) is 15.1. The van der Waals surface area contributed by atoms with Crippen molar-refractivity contribution in [3.05, 3.63) is 29.3 Å². The summed E-state index contributed by atoms with van der Waals surface area (Å²) in [6, 6.07) is 5.76. The average molecular weight is 306 g/mol. The van der Waals surface area contributed by atoms with E-state index in [2.05, 4.69) is 10.2 Å². The number of fused-ring (bicyclic) bond motifs is 1. The van der Waals surface area contributed by atoms with Gasteiger partial charge < -0.3 is 20.3 Å². The van der Waals surface area contributed by atoms with Crippen molar-refractivity contribution in [2.24, 2.45) is 0 Å². The number of likely N-dealkylation sites (tertiary alicyclic amines) is 1. The van der Waals surface area contributed by atoms with Gasteiger partial charge in [0.25, 0.3) is 0 Å². The van der Waals surface area contributed by atoms with Crippen LogP contribution in [0.15, 0.2) is 18.2 Å². The number of amides is 1. The average Bonchev–Trinajstić information content (AvgIpc) is 2.81. The van der Waals surface area contributed by atoms with E-state index in [0.29, 0.717) is 13.0 Å². The minimum Gasteiger partial charge on any atom is -0.497 e. The molecule has 22 heavy (non-hydrogen) atoms. The predicted molar refractivity (Wildman–Crippen MR) is 81.2 cm³/mol. The number of aliphatic hydroxyl groups is 1. The molecule has 0 aromatic heterocycles. The third kappa shape index (κ3) is 2.89. The van der Waals surface area contributed by atoms with Crippen molar-refractivity contribution < 1.29 is 19.7 Å². The normalized spacial score (nSPS) is 28.2. The topological polar surface area (TPSA) is 82.0 Å². The van der Waals surface area contributed by atoms with Gasteiger partial charge >= 0.3 is 6.09 Å². The summed E-state index contributed by atoms with van der Waals surface area (Å²) in [6.07, 6.45) is 0.966. The van der Waals surface area contributed by atoms with Crippen LogP contribution in [0.4, 0.5) is 4.79 Å². The molecule has 6 heteroatoms. The molecule has 3 N–H and O–H groups in total. The minimum absolute atomic E-state index is 0.0758. The molecule has 1 aliphatic carbocycles. The molecule has 6 nitrogen and oxygen atoms in total. The van der Waals surface area contributed by atoms with E-state index in [0.717, 1.165) is 36.3 Å². The molecule has 0 bridgehead atoms. The van der Waals surface area contributed by atoms with Gasteiger partial charge in [-0.1, -0.05) is 6.07 Å². The monoisotopic (exact) mass is 306 g/mol. The number of nitrogens with one attached hydrogen (secondary N) is 1. The highest BCUT2D eigenvalue weighted by Gasteiger charge is 2.37. The van der Waals surface area contributed by atoms with E-state index in [1.54, 1.807) is 7.11 Å². The molecule has 1 saturated heterocycles. The quantitative estimate of drug-likeness (QED) is 0.786. The van der Waals surface area contributed by atoms with E-state index in [-0.39, 0.29) is 12.1 Å². The van der Waals surface area contributed by atoms with Crippen LogP contribution in [0.3, 0.4) is 0 Å². The van der Waals surface area contributed by atoms with E-state index >= 15 is 0 Å². The zero-order valence-corrected chi connectivity index (χ0v) is 12.7. The van der Waals surface area contributed by atoms with E-state index < -0.39 is 12.2 Å². The van der Waals surface area contributed by atoms with Crippen LogP contribution < -0.4 is 10.1 Å². The van der Waals surface area contributed by atoms with E-state index in [4.69, 9.17) is 9.84 Å². The lowest BCUT2D eigenvalue weighted by molar-refractivity contribution is 0.0410. The van der Waals surface area contributed by atoms with Gasteiger partial charge in [0, 0.05) is 19.0 Å². The Morgan fingerprint density at radius 3 is 3.00 bits per heavy atom. The van der Waals surface area contributed by atoms with Crippen molar-refractivity contribution in [2.75, 3.05) is 20.2 Å². The maximum absolute atomic E-state index is 10.8. The molecule has 2 aliphatic rings. The number of rotatable bonds is 3. The van der Waals surface area contributed by atoms with Gasteiger partial charge in [-0.2, -0.15) is 0 Å². The molecule has 0 spiro atoms. The van der Waals surface area contributed by atoms with Crippen LogP contribution in [-0.2, 0) is 6.42 Å². The van der Waals surface area contributed by atoms with Gasteiger partial charge in [0.05, 0.1) is 19.3 Å². The molecule has 120 valence electrons. The number of hydrogen-bond donors (Lipinski definition) is 3. The zero-order chi connectivity index (χ0) is 15.7. The molecular weight excluding hydrogens is 284 g/mol. The first-order valence-corrected chi connectivity index (χ1v) is 7.67. The highest BCUT2D eigenvalue weighted by Crippen LogP contribution is 2.39. The van der Waals surface area contributed by atoms with Crippen LogP contribution in [0.2, 0.25) is 0 Å². The Bertz CT molecular complexity index is 563. The van der Waals surface area contributed by atoms with Crippen molar-refractivity contribution in [2.45, 2.75) is 37.5 Å². The van der Waals surface area contributed by atoms with Crippen molar-refractivity contribution >= 4 is 6.09 Å². The van der Waals surface area contributed by atoms with Gasteiger partial charge in [0.1, 0.15) is 5.75 Å². The Morgan fingerprint density at radius 2 is 2.27 bits per heavy atom. The Balaban J connectivity index is 1.81. The van der Waals surface area contributed by atoms with Gasteiger partial charge in [0.15, 0.2) is 0 Å². The number of ether oxygens (including phenoxy) is 1. The Kier molecular flexibility index (Phi) is 4.22. The third-order valence-corrected chi connectivity index (χ3v) is 4.64. The Hall–Kier alpha value is -1.79. The second-order valence-corrected chi connectivity index (χ2v) is 6.06. The SMILES string of the molecule is COc1ccc2c(c1)[C@H](N1CCC[C@@H](NC(=O)O)C1)[C@@H](O)C2. The van der Waals surface area contributed by atoms with Crippen LogP contribution in [0.25, 0.3) is 0 Å². The maximum atomic E-state index is 10.8. The number of nitrogens with zero attached hydrogens (tertiary/aromatic N) is 1. The smallest absolute Gasteiger partial charge is 0.404 e. The van der Waals surface area contributed by atoms with Crippen LogP contribution in [0, 0.1) is 0 Å². The number of hydrogen-bond acceptors (Lipinski definition) is 4. The van der Waals surface area contributed by atoms with Gasteiger partial charge in [0.2, 0.25) is 0 Å². The fourth-order valence-corrected chi connectivity index (χ4v) is 3.70. The van der Waals surface area contributed by atoms with E-state index in [1.807, 2.05) is 18.2 Å². The van der Waals surface area contributed by atoms with Crippen molar-refractivity contribution in [3.63, 3.8) is 0 Å². The second-order valence-electron chi connectivity index (χ2n) is 6.06. The maximum Gasteiger partial charge on any atom is 0.404 e. The van der Waals surface area contributed by atoms with Crippen molar-refractivity contribution in [3.8, 4) is 5.75 Å². The molecule has 3 rings (SSSR count). The molecule has 0 saturated carbocycles. The first-order valence-electron chi connectivity index (χ1n) is 7.67. The number of benzene rings is 1. The fourth-order valence-electron chi connectivity index (χ4n) is 3.70. The molecule has 0 unspecified atom stereocenters. The summed E-state index contributed by atoms with van der Waals surface area (Å²) in [5.74, 6) is 0.787. The Labute approximate surface area is 129 Å². The van der Waals surface area contributed by atoms with Crippen LogP contribution in [-0.4, -0.2) is 53.6 Å². The predicted octanol–water partition coefficient (Wildman–Crippen LogP) is 1.39. The number of carboxylic acid groups (broad SMARTS) is 1. The van der Waals surface area contributed by atoms with E-state index in [1.165, 1.54) is 0 Å². The summed E-state index contributed by atoms with van der Waals surface area (Å²) < 4.78 is 5.29. The second kappa shape index (κ2) is 6.14. The highest BCUT2D eigenvalue weighted by molar-refractivity contribution is 5.64. The lowest BCUT2D eigenvalue weighted by atomic mass is 9.99. The minimum atomic E-state index is -0.985. The largest absolute Gasteiger partial charge is 0.497 e.